The van der Waals surface area contributed by atoms with Crippen molar-refractivity contribution in [1.29, 1.82) is 0 Å². The van der Waals surface area contributed by atoms with Crippen molar-refractivity contribution in [3.05, 3.63) is 98.1 Å². The minimum atomic E-state index is -0.453. The molecule has 0 spiro atoms. The minimum absolute atomic E-state index is 0.196. The number of aryl methyl sites for hydroxylation is 1. The molecule has 0 unspecified atom stereocenters. The van der Waals surface area contributed by atoms with E-state index in [1.165, 1.54) is 4.90 Å². The number of amides is 3. The van der Waals surface area contributed by atoms with Crippen molar-refractivity contribution in [3.63, 3.8) is 0 Å². The fourth-order valence-corrected chi connectivity index (χ4v) is 4.36. The Morgan fingerprint density at radius 1 is 1.06 bits per heavy atom. The smallest absolute Gasteiger partial charge is 0.329 e. The summed E-state index contributed by atoms with van der Waals surface area (Å²) in [7, 11) is 0. The van der Waals surface area contributed by atoms with Crippen molar-refractivity contribution < 1.29 is 19.1 Å². The molecule has 0 radical (unpaired) electrons. The Morgan fingerprint density at radius 3 is 2.51 bits per heavy atom. The number of nitrogens with one attached hydrogen (secondary N) is 1. The zero-order chi connectivity index (χ0) is 24.9. The maximum Gasteiger partial charge on any atom is 0.329 e. The van der Waals surface area contributed by atoms with Gasteiger partial charge in [0.05, 0.1) is 17.6 Å². The van der Waals surface area contributed by atoms with Crippen LogP contribution in [0.1, 0.15) is 29.2 Å². The SMILES string of the molecule is CCOc1cc(/C=C2/NC(=O)N(Cc3ccc(C)cc3)C2=O)cc(Br)c1OCc1ccccc1Cl. The first-order valence-corrected chi connectivity index (χ1v) is 12.3. The van der Waals surface area contributed by atoms with Gasteiger partial charge in [-0.25, -0.2) is 4.79 Å². The zero-order valence-corrected chi connectivity index (χ0v) is 21.7. The molecule has 1 saturated heterocycles. The number of imide groups is 1. The summed E-state index contributed by atoms with van der Waals surface area (Å²) >= 11 is 9.79. The fraction of sp³-hybridized carbons (Fsp3) is 0.185. The van der Waals surface area contributed by atoms with Crippen molar-refractivity contribution in [2.75, 3.05) is 6.61 Å². The highest BCUT2D eigenvalue weighted by Gasteiger charge is 2.33. The molecule has 0 aromatic heterocycles. The number of carbonyl (C=O) groups excluding carboxylic acids is 2. The number of urea groups is 1. The van der Waals surface area contributed by atoms with E-state index in [0.29, 0.717) is 33.2 Å². The largest absolute Gasteiger partial charge is 0.490 e. The van der Waals surface area contributed by atoms with Gasteiger partial charge >= 0.3 is 6.03 Å². The normalized spacial score (nSPS) is 14.4. The number of halogens is 2. The van der Waals surface area contributed by atoms with Crippen molar-refractivity contribution >= 4 is 45.5 Å². The average molecular weight is 556 g/mol. The maximum absolute atomic E-state index is 12.9. The first-order chi connectivity index (χ1) is 16.9. The van der Waals surface area contributed by atoms with Gasteiger partial charge in [-0.1, -0.05) is 59.6 Å². The Balaban J connectivity index is 1.55. The van der Waals surface area contributed by atoms with E-state index in [1.54, 1.807) is 18.2 Å². The number of benzene rings is 3. The molecule has 8 heteroatoms. The van der Waals surface area contributed by atoms with Crippen molar-refractivity contribution in [3.8, 4) is 11.5 Å². The van der Waals surface area contributed by atoms with Crippen LogP contribution in [-0.4, -0.2) is 23.4 Å². The molecule has 3 amide bonds. The molecular formula is C27H24BrClN2O4. The van der Waals surface area contributed by atoms with Crippen LogP contribution in [0.15, 0.2) is 70.8 Å². The van der Waals surface area contributed by atoms with Crippen LogP contribution >= 0.6 is 27.5 Å². The molecule has 1 heterocycles. The lowest BCUT2D eigenvalue weighted by Gasteiger charge is -2.15. The van der Waals surface area contributed by atoms with Crippen LogP contribution in [0.3, 0.4) is 0 Å². The zero-order valence-electron chi connectivity index (χ0n) is 19.3. The van der Waals surface area contributed by atoms with Gasteiger partial charge in [0.1, 0.15) is 12.3 Å². The monoisotopic (exact) mass is 554 g/mol. The third kappa shape index (κ3) is 5.86. The van der Waals surface area contributed by atoms with Crippen LogP contribution in [-0.2, 0) is 17.9 Å². The third-order valence-electron chi connectivity index (χ3n) is 5.40. The van der Waals surface area contributed by atoms with Gasteiger partial charge in [-0.3, -0.25) is 9.69 Å². The topological polar surface area (TPSA) is 67.9 Å². The number of carbonyl (C=O) groups is 2. The van der Waals surface area contributed by atoms with E-state index in [4.69, 9.17) is 21.1 Å². The Morgan fingerprint density at radius 2 is 1.80 bits per heavy atom. The van der Waals surface area contributed by atoms with E-state index in [0.717, 1.165) is 16.7 Å². The van der Waals surface area contributed by atoms with Crippen molar-refractivity contribution in [1.82, 2.24) is 10.2 Å². The molecule has 0 aliphatic carbocycles. The highest BCUT2D eigenvalue weighted by molar-refractivity contribution is 9.10. The molecular weight excluding hydrogens is 532 g/mol. The molecule has 3 aromatic carbocycles. The Bertz CT molecular complexity index is 1290. The van der Waals surface area contributed by atoms with E-state index in [9.17, 15) is 9.59 Å². The summed E-state index contributed by atoms with van der Waals surface area (Å²) in [6.07, 6.45) is 1.63. The summed E-state index contributed by atoms with van der Waals surface area (Å²) in [5.41, 5.74) is 3.71. The molecule has 0 bridgehead atoms. The lowest BCUT2D eigenvalue weighted by atomic mass is 10.1. The molecule has 1 fully saturated rings. The van der Waals surface area contributed by atoms with Gasteiger partial charge < -0.3 is 14.8 Å². The third-order valence-corrected chi connectivity index (χ3v) is 6.35. The molecule has 1 aliphatic heterocycles. The number of ether oxygens (including phenoxy) is 2. The quantitative estimate of drug-likeness (QED) is 0.255. The second-order valence-electron chi connectivity index (χ2n) is 8.01. The summed E-state index contributed by atoms with van der Waals surface area (Å²) in [5.74, 6) is 0.648. The van der Waals surface area contributed by atoms with Gasteiger partial charge in [0, 0.05) is 10.6 Å². The molecule has 0 atom stereocenters. The predicted octanol–water partition coefficient (Wildman–Crippen LogP) is 6.48. The second-order valence-corrected chi connectivity index (χ2v) is 9.27. The summed E-state index contributed by atoms with van der Waals surface area (Å²) in [4.78, 5) is 26.6. The number of rotatable bonds is 8. The Labute approximate surface area is 217 Å². The fourth-order valence-electron chi connectivity index (χ4n) is 3.60. The van der Waals surface area contributed by atoms with E-state index < -0.39 is 6.03 Å². The molecule has 35 heavy (non-hydrogen) atoms. The van der Waals surface area contributed by atoms with Crippen LogP contribution < -0.4 is 14.8 Å². The molecule has 0 saturated carbocycles. The number of nitrogens with zero attached hydrogens (tertiary/aromatic N) is 1. The van der Waals surface area contributed by atoms with E-state index in [-0.39, 0.29) is 24.8 Å². The minimum Gasteiger partial charge on any atom is -0.490 e. The first kappa shape index (κ1) is 24.8. The standard InChI is InChI=1S/C27H24BrClN2O4/c1-3-34-24-14-19(12-21(28)25(24)35-16-20-6-4-5-7-22(20)29)13-23-26(32)31(27(33)30-23)15-18-10-8-17(2)9-11-18/h4-14H,3,15-16H2,1-2H3,(H,30,33)/b23-13+. The second kappa shape index (κ2) is 11.0. The van der Waals surface area contributed by atoms with Crippen LogP contribution in [0.4, 0.5) is 4.79 Å². The summed E-state index contributed by atoms with van der Waals surface area (Å²) < 4.78 is 12.5. The number of hydrogen-bond acceptors (Lipinski definition) is 4. The highest BCUT2D eigenvalue weighted by atomic mass is 79.9. The van der Waals surface area contributed by atoms with Crippen LogP contribution in [0.2, 0.25) is 5.02 Å². The molecule has 6 nitrogen and oxygen atoms in total. The van der Waals surface area contributed by atoms with Gasteiger partial charge in [0.25, 0.3) is 5.91 Å². The van der Waals surface area contributed by atoms with Gasteiger partial charge in [0.15, 0.2) is 11.5 Å². The molecule has 1 N–H and O–H groups in total. The van der Waals surface area contributed by atoms with Gasteiger partial charge in [-0.2, -0.15) is 0 Å². The summed E-state index contributed by atoms with van der Waals surface area (Å²) in [6.45, 7) is 4.75. The summed E-state index contributed by atoms with van der Waals surface area (Å²) in [6, 6.07) is 18.3. The van der Waals surface area contributed by atoms with Crippen LogP contribution in [0, 0.1) is 6.92 Å². The molecule has 180 valence electrons. The molecule has 1 aliphatic rings. The first-order valence-electron chi connectivity index (χ1n) is 11.1. The maximum atomic E-state index is 12.9. The van der Waals surface area contributed by atoms with E-state index in [2.05, 4.69) is 21.2 Å². The number of hydrogen-bond donors (Lipinski definition) is 1. The van der Waals surface area contributed by atoms with E-state index >= 15 is 0 Å². The Hall–Kier alpha value is -3.29. The van der Waals surface area contributed by atoms with Gasteiger partial charge in [-0.05, 0) is 65.2 Å². The van der Waals surface area contributed by atoms with Crippen molar-refractivity contribution in [2.45, 2.75) is 27.0 Å². The predicted molar refractivity (Wildman–Crippen MR) is 139 cm³/mol. The van der Waals surface area contributed by atoms with Gasteiger partial charge in [-0.15, -0.1) is 0 Å². The molecule has 3 aromatic rings. The van der Waals surface area contributed by atoms with E-state index in [1.807, 2.05) is 62.4 Å². The highest BCUT2D eigenvalue weighted by Crippen LogP contribution is 2.38. The van der Waals surface area contributed by atoms with Crippen LogP contribution in [0.25, 0.3) is 6.08 Å². The lowest BCUT2D eigenvalue weighted by Crippen LogP contribution is -2.30. The Kier molecular flexibility index (Phi) is 7.78. The van der Waals surface area contributed by atoms with Gasteiger partial charge in [0.2, 0.25) is 0 Å². The lowest BCUT2D eigenvalue weighted by molar-refractivity contribution is -0.123. The van der Waals surface area contributed by atoms with Crippen molar-refractivity contribution in [2.24, 2.45) is 0 Å². The molecule has 4 rings (SSSR count). The van der Waals surface area contributed by atoms with Crippen LogP contribution in [0.5, 0.6) is 11.5 Å². The average Bonchev–Trinajstić information content (AvgIpc) is 3.08. The summed E-state index contributed by atoms with van der Waals surface area (Å²) in [5, 5.41) is 3.29.